The first-order valence-electron chi connectivity index (χ1n) is 9.18. The van der Waals surface area contributed by atoms with E-state index in [2.05, 4.69) is 22.8 Å². The number of hydrogen-bond donors (Lipinski definition) is 2. The number of halogens is 1. The van der Waals surface area contributed by atoms with Gasteiger partial charge in [-0.3, -0.25) is 9.59 Å². The summed E-state index contributed by atoms with van der Waals surface area (Å²) in [6.45, 7) is 2.70. The SMILES string of the molecule is CCCCOc1ccccc1C=NNC(=O)CCC(=O)Nc1ccccc1F. The van der Waals surface area contributed by atoms with E-state index in [1.54, 1.807) is 6.07 Å². The van der Waals surface area contributed by atoms with Gasteiger partial charge in [0, 0.05) is 18.4 Å². The monoisotopic (exact) mass is 385 g/mol. The third kappa shape index (κ3) is 7.19. The standard InChI is InChI=1S/C21H24FN3O3/c1-2-3-14-28-19-11-7-4-8-16(19)15-23-25-21(27)13-12-20(26)24-18-10-6-5-9-17(18)22/h4-11,15H,2-3,12-14H2,1H3,(H,24,26)(H,25,27). The lowest BCUT2D eigenvalue weighted by molar-refractivity contribution is -0.124. The molecular weight excluding hydrogens is 361 g/mol. The molecule has 6 nitrogen and oxygen atoms in total. The number of unbranched alkanes of at least 4 members (excludes halogenated alkanes) is 1. The van der Waals surface area contributed by atoms with Crippen molar-refractivity contribution in [3.05, 3.63) is 59.9 Å². The van der Waals surface area contributed by atoms with Crippen molar-refractivity contribution in [2.75, 3.05) is 11.9 Å². The van der Waals surface area contributed by atoms with Gasteiger partial charge >= 0.3 is 0 Å². The molecule has 2 aromatic rings. The smallest absolute Gasteiger partial charge is 0.240 e. The van der Waals surface area contributed by atoms with Gasteiger partial charge in [0.05, 0.1) is 18.5 Å². The van der Waals surface area contributed by atoms with Gasteiger partial charge in [-0.15, -0.1) is 0 Å². The molecule has 0 unspecified atom stereocenters. The van der Waals surface area contributed by atoms with Crippen molar-refractivity contribution >= 4 is 23.7 Å². The number of para-hydroxylation sites is 2. The highest BCUT2D eigenvalue weighted by Gasteiger charge is 2.09. The normalized spacial score (nSPS) is 10.6. The molecule has 0 aliphatic heterocycles. The van der Waals surface area contributed by atoms with Crippen molar-refractivity contribution in [1.29, 1.82) is 0 Å². The fourth-order valence-electron chi connectivity index (χ4n) is 2.28. The number of hydrazone groups is 1. The molecule has 7 heteroatoms. The third-order valence-corrected chi connectivity index (χ3v) is 3.79. The minimum atomic E-state index is -0.523. The zero-order valence-corrected chi connectivity index (χ0v) is 15.8. The average molecular weight is 385 g/mol. The molecule has 2 rings (SSSR count). The van der Waals surface area contributed by atoms with Gasteiger partial charge in [0.2, 0.25) is 11.8 Å². The number of carbonyl (C=O) groups excluding carboxylic acids is 2. The molecule has 0 aliphatic rings. The molecule has 0 bridgehead atoms. The zero-order valence-electron chi connectivity index (χ0n) is 15.8. The number of rotatable bonds is 10. The molecule has 0 aromatic heterocycles. The summed E-state index contributed by atoms with van der Waals surface area (Å²) >= 11 is 0. The molecule has 0 radical (unpaired) electrons. The second-order valence-electron chi connectivity index (χ2n) is 6.06. The molecule has 0 heterocycles. The number of hydrogen-bond acceptors (Lipinski definition) is 4. The Hall–Kier alpha value is -3.22. The minimum Gasteiger partial charge on any atom is -0.493 e. The quantitative estimate of drug-likeness (QED) is 0.370. The Balaban J connectivity index is 1.78. The number of nitrogens with one attached hydrogen (secondary N) is 2. The Morgan fingerprint density at radius 3 is 2.57 bits per heavy atom. The van der Waals surface area contributed by atoms with Crippen LogP contribution in [0.5, 0.6) is 5.75 Å². The zero-order chi connectivity index (χ0) is 20.2. The second-order valence-corrected chi connectivity index (χ2v) is 6.06. The molecule has 0 atom stereocenters. The van der Waals surface area contributed by atoms with Gasteiger partial charge in [0.15, 0.2) is 0 Å². The molecule has 0 fully saturated rings. The van der Waals surface area contributed by atoms with E-state index in [0.29, 0.717) is 12.4 Å². The minimum absolute atomic E-state index is 0.0632. The lowest BCUT2D eigenvalue weighted by Gasteiger charge is -2.08. The van der Waals surface area contributed by atoms with Gasteiger partial charge in [-0.1, -0.05) is 37.6 Å². The Kier molecular flexibility index (Phi) is 8.65. The van der Waals surface area contributed by atoms with E-state index in [-0.39, 0.29) is 18.5 Å². The van der Waals surface area contributed by atoms with Crippen LogP contribution in [0.1, 0.15) is 38.2 Å². The Labute approximate surface area is 163 Å². The third-order valence-electron chi connectivity index (χ3n) is 3.79. The molecule has 28 heavy (non-hydrogen) atoms. The predicted molar refractivity (Wildman–Crippen MR) is 107 cm³/mol. The van der Waals surface area contributed by atoms with Crippen LogP contribution >= 0.6 is 0 Å². The summed E-state index contributed by atoms with van der Waals surface area (Å²) in [5.74, 6) is -0.689. The maximum absolute atomic E-state index is 13.5. The van der Waals surface area contributed by atoms with Crippen LogP contribution in [0.4, 0.5) is 10.1 Å². The van der Waals surface area contributed by atoms with Gasteiger partial charge in [-0.2, -0.15) is 5.10 Å². The molecule has 0 spiro atoms. The van der Waals surface area contributed by atoms with E-state index in [1.807, 2.05) is 24.3 Å². The van der Waals surface area contributed by atoms with Gasteiger partial charge in [-0.05, 0) is 30.7 Å². The number of nitrogens with zero attached hydrogens (tertiary/aromatic N) is 1. The van der Waals surface area contributed by atoms with Gasteiger partial charge in [0.1, 0.15) is 11.6 Å². The molecule has 2 aromatic carbocycles. The maximum Gasteiger partial charge on any atom is 0.240 e. The number of carbonyl (C=O) groups is 2. The predicted octanol–water partition coefficient (Wildman–Crippen LogP) is 3.87. The van der Waals surface area contributed by atoms with Crippen LogP contribution in [0.2, 0.25) is 0 Å². The first kappa shape index (κ1) is 21.1. The van der Waals surface area contributed by atoms with E-state index in [4.69, 9.17) is 4.74 Å². The first-order valence-corrected chi connectivity index (χ1v) is 9.18. The number of anilines is 1. The largest absolute Gasteiger partial charge is 0.493 e. The van der Waals surface area contributed by atoms with Crippen molar-refractivity contribution in [2.45, 2.75) is 32.6 Å². The molecular formula is C21H24FN3O3. The fourth-order valence-corrected chi connectivity index (χ4v) is 2.28. The van der Waals surface area contributed by atoms with E-state index < -0.39 is 17.6 Å². The van der Waals surface area contributed by atoms with Gasteiger partial charge in [-0.25, -0.2) is 9.82 Å². The Morgan fingerprint density at radius 1 is 1.07 bits per heavy atom. The summed E-state index contributed by atoms with van der Waals surface area (Å²) in [5, 5.41) is 6.34. The summed E-state index contributed by atoms with van der Waals surface area (Å²) in [6, 6.07) is 13.2. The van der Waals surface area contributed by atoms with Crippen molar-refractivity contribution in [3.63, 3.8) is 0 Å². The molecule has 0 saturated heterocycles. The highest BCUT2D eigenvalue weighted by molar-refractivity contribution is 5.93. The Morgan fingerprint density at radius 2 is 1.79 bits per heavy atom. The van der Waals surface area contributed by atoms with Crippen molar-refractivity contribution < 1.29 is 18.7 Å². The molecule has 148 valence electrons. The van der Waals surface area contributed by atoms with Gasteiger partial charge < -0.3 is 10.1 Å². The van der Waals surface area contributed by atoms with Crippen LogP contribution in [0.3, 0.4) is 0 Å². The summed E-state index contributed by atoms with van der Waals surface area (Å²) in [4.78, 5) is 23.7. The summed E-state index contributed by atoms with van der Waals surface area (Å²) in [5.41, 5.74) is 3.21. The number of ether oxygens (including phenoxy) is 1. The summed E-state index contributed by atoms with van der Waals surface area (Å²) < 4.78 is 19.2. The van der Waals surface area contributed by atoms with Crippen molar-refractivity contribution in [3.8, 4) is 5.75 Å². The lowest BCUT2D eigenvalue weighted by Crippen LogP contribution is -2.21. The maximum atomic E-state index is 13.5. The van der Waals surface area contributed by atoms with Gasteiger partial charge in [0.25, 0.3) is 0 Å². The lowest BCUT2D eigenvalue weighted by atomic mass is 10.2. The van der Waals surface area contributed by atoms with Crippen LogP contribution in [0.25, 0.3) is 0 Å². The molecule has 2 amide bonds. The first-order chi connectivity index (χ1) is 13.6. The number of amides is 2. The molecule has 2 N–H and O–H groups in total. The van der Waals surface area contributed by atoms with Crippen molar-refractivity contribution in [1.82, 2.24) is 5.43 Å². The fraction of sp³-hybridized carbons (Fsp3) is 0.286. The van der Waals surface area contributed by atoms with E-state index in [1.165, 1.54) is 24.4 Å². The molecule has 0 saturated carbocycles. The van der Waals surface area contributed by atoms with Crippen LogP contribution in [0.15, 0.2) is 53.6 Å². The van der Waals surface area contributed by atoms with E-state index in [0.717, 1.165) is 18.4 Å². The van der Waals surface area contributed by atoms with E-state index >= 15 is 0 Å². The highest BCUT2D eigenvalue weighted by atomic mass is 19.1. The van der Waals surface area contributed by atoms with E-state index in [9.17, 15) is 14.0 Å². The summed E-state index contributed by atoms with van der Waals surface area (Å²) in [6.07, 6.45) is 3.35. The summed E-state index contributed by atoms with van der Waals surface area (Å²) in [7, 11) is 0. The van der Waals surface area contributed by atoms with Crippen LogP contribution in [0, 0.1) is 5.82 Å². The van der Waals surface area contributed by atoms with Crippen LogP contribution in [-0.4, -0.2) is 24.6 Å². The van der Waals surface area contributed by atoms with Crippen LogP contribution in [-0.2, 0) is 9.59 Å². The molecule has 0 aliphatic carbocycles. The van der Waals surface area contributed by atoms with Crippen LogP contribution < -0.4 is 15.5 Å². The highest BCUT2D eigenvalue weighted by Crippen LogP contribution is 2.16. The Bertz CT molecular complexity index is 824. The number of benzene rings is 2. The topological polar surface area (TPSA) is 79.8 Å². The second kappa shape index (κ2) is 11.5. The van der Waals surface area contributed by atoms with Crippen molar-refractivity contribution in [2.24, 2.45) is 5.10 Å². The average Bonchev–Trinajstić information content (AvgIpc) is 2.69.